The maximum Gasteiger partial charge on any atom is 0.319 e. The zero-order valence-corrected chi connectivity index (χ0v) is 18.5. The Morgan fingerprint density at radius 2 is 1.87 bits per heavy atom. The molecule has 1 atom stereocenters. The molecule has 3 rings (SSSR count). The van der Waals surface area contributed by atoms with Gasteiger partial charge in [-0.15, -0.1) is 0 Å². The Hall–Kier alpha value is -2.11. The van der Waals surface area contributed by atoms with Crippen LogP contribution < -0.4 is 10.6 Å². The Morgan fingerprint density at radius 1 is 1.13 bits per heavy atom. The Bertz CT molecular complexity index is 738. The van der Waals surface area contributed by atoms with Crippen LogP contribution in [0.25, 0.3) is 0 Å². The number of anilines is 1. The summed E-state index contributed by atoms with van der Waals surface area (Å²) in [4.78, 5) is 27.2. The Morgan fingerprint density at radius 3 is 2.53 bits per heavy atom. The number of urea groups is 1. The number of halogens is 1. The van der Waals surface area contributed by atoms with E-state index in [1.807, 2.05) is 4.90 Å². The fourth-order valence-electron chi connectivity index (χ4n) is 4.87. The number of nitrogens with zero attached hydrogens (tertiary/aromatic N) is 1. The summed E-state index contributed by atoms with van der Waals surface area (Å²) in [5, 5.41) is 5.52. The summed E-state index contributed by atoms with van der Waals surface area (Å²) < 4.78 is 13.2. The maximum absolute atomic E-state index is 13.2. The Balaban J connectivity index is 1.43. The van der Waals surface area contributed by atoms with Gasteiger partial charge in [0.25, 0.3) is 0 Å². The smallest absolute Gasteiger partial charge is 0.319 e. The SMILES string of the molecule is CC(C)(C)C1CCC(C(=O)N2CCC[C@H](CNC(=O)Nc3cccc(F)c3)C2)CC1. The van der Waals surface area contributed by atoms with Gasteiger partial charge in [0.05, 0.1) is 0 Å². The van der Waals surface area contributed by atoms with Crippen molar-refractivity contribution in [1.82, 2.24) is 10.2 Å². The lowest BCUT2D eigenvalue weighted by Gasteiger charge is -2.39. The Labute approximate surface area is 179 Å². The van der Waals surface area contributed by atoms with Crippen molar-refractivity contribution < 1.29 is 14.0 Å². The van der Waals surface area contributed by atoms with E-state index in [0.717, 1.165) is 45.1 Å². The van der Waals surface area contributed by atoms with Crippen molar-refractivity contribution in [3.05, 3.63) is 30.1 Å². The third-order valence-corrected chi connectivity index (χ3v) is 6.77. The molecule has 0 unspecified atom stereocenters. The van der Waals surface area contributed by atoms with Gasteiger partial charge < -0.3 is 15.5 Å². The summed E-state index contributed by atoms with van der Waals surface area (Å²) in [5.74, 6) is 1.04. The second-order valence-corrected chi connectivity index (χ2v) is 10.1. The third kappa shape index (κ3) is 6.19. The molecule has 30 heavy (non-hydrogen) atoms. The van der Waals surface area contributed by atoms with Gasteiger partial charge >= 0.3 is 6.03 Å². The molecule has 1 saturated carbocycles. The zero-order valence-electron chi connectivity index (χ0n) is 18.5. The highest BCUT2D eigenvalue weighted by Gasteiger charge is 2.35. The number of nitrogens with one attached hydrogen (secondary N) is 2. The Kier molecular flexibility index (Phi) is 7.37. The van der Waals surface area contributed by atoms with Crippen molar-refractivity contribution >= 4 is 17.6 Å². The molecule has 2 fully saturated rings. The van der Waals surface area contributed by atoms with E-state index in [-0.39, 0.29) is 23.7 Å². The molecule has 2 N–H and O–H groups in total. The quantitative estimate of drug-likeness (QED) is 0.721. The first-order valence-electron chi connectivity index (χ1n) is 11.3. The molecule has 0 spiro atoms. The molecule has 1 aromatic rings. The van der Waals surface area contributed by atoms with Gasteiger partial charge in [-0.2, -0.15) is 0 Å². The minimum absolute atomic E-state index is 0.159. The number of amides is 3. The summed E-state index contributed by atoms with van der Waals surface area (Å²) in [6, 6.07) is 5.49. The predicted molar refractivity (Wildman–Crippen MR) is 118 cm³/mol. The largest absolute Gasteiger partial charge is 0.342 e. The zero-order chi connectivity index (χ0) is 21.7. The van der Waals surface area contributed by atoms with Crippen LogP contribution in [0.5, 0.6) is 0 Å². The molecule has 6 heteroatoms. The van der Waals surface area contributed by atoms with E-state index >= 15 is 0 Å². The summed E-state index contributed by atoms with van der Waals surface area (Å²) in [6.45, 7) is 8.94. The molecule has 0 aromatic heterocycles. The van der Waals surface area contributed by atoms with Crippen molar-refractivity contribution in [2.75, 3.05) is 25.0 Å². The molecular weight excluding hydrogens is 381 g/mol. The van der Waals surface area contributed by atoms with E-state index in [1.165, 1.54) is 12.1 Å². The summed E-state index contributed by atoms with van der Waals surface area (Å²) in [6.07, 6.45) is 6.24. The molecule has 5 nitrogen and oxygen atoms in total. The van der Waals surface area contributed by atoms with Crippen LogP contribution in [-0.4, -0.2) is 36.5 Å². The lowest BCUT2D eigenvalue weighted by Crippen LogP contribution is -2.47. The maximum atomic E-state index is 13.2. The molecule has 1 heterocycles. The van der Waals surface area contributed by atoms with Crippen LogP contribution >= 0.6 is 0 Å². The van der Waals surface area contributed by atoms with E-state index < -0.39 is 0 Å². The van der Waals surface area contributed by atoms with Crippen molar-refractivity contribution in [3.8, 4) is 0 Å². The summed E-state index contributed by atoms with van der Waals surface area (Å²) in [5.41, 5.74) is 0.751. The van der Waals surface area contributed by atoms with Crippen molar-refractivity contribution in [3.63, 3.8) is 0 Å². The molecule has 0 radical (unpaired) electrons. The summed E-state index contributed by atoms with van der Waals surface area (Å²) in [7, 11) is 0. The molecule has 3 amide bonds. The van der Waals surface area contributed by atoms with Gasteiger partial charge in [0.2, 0.25) is 5.91 Å². The van der Waals surface area contributed by atoms with E-state index in [9.17, 15) is 14.0 Å². The molecule has 1 aliphatic carbocycles. The van der Waals surface area contributed by atoms with Gasteiger partial charge in [-0.25, -0.2) is 9.18 Å². The van der Waals surface area contributed by atoms with Crippen molar-refractivity contribution in [2.45, 2.75) is 59.3 Å². The highest BCUT2D eigenvalue weighted by atomic mass is 19.1. The van der Waals surface area contributed by atoms with Crippen LogP contribution in [0.3, 0.4) is 0 Å². The van der Waals surface area contributed by atoms with Crippen LogP contribution in [0.15, 0.2) is 24.3 Å². The first-order valence-corrected chi connectivity index (χ1v) is 11.3. The average molecular weight is 418 g/mol. The minimum atomic E-state index is -0.384. The molecule has 1 aliphatic heterocycles. The molecule has 0 bridgehead atoms. The number of benzene rings is 1. The molecular formula is C24H36FN3O2. The predicted octanol–water partition coefficient (Wildman–Crippen LogP) is 5.04. The highest BCUT2D eigenvalue weighted by molar-refractivity contribution is 5.89. The number of hydrogen-bond donors (Lipinski definition) is 2. The van der Waals surface area contributed by atoms with Crippen LogP contribution in [0.4, 0.5) is 14.9 Å². The van der Waals surface area contributed by atoms with Gasteiger partial charge in [-0.05, 0) is 74.0 Å². The first-order chi connectivity index (χ1) is 14.2. The second kappa shape index (κ2) is 9.80. The lowest BCUT2D eigenvalue weighted by molar-refractivity contribution is -0.139. The molecule has 2 aliphatic rings. The van der Waals surface area contributed by atoms with Gasteiger partial charge in [0, 0.05) is 31.2 Å². The van der Waals surface area contributed by atoms with Gasteiger partial charge in [0.1, 0.15) is 5.82 Å². The van der Waals surface area contributed by atoms with E-state index in [0.29, 0.717) is 36.0 Å². The third-order valence-electron chi connectivity index (χ3n) is 6.77. The van der Waals surface area contributed by atoms with Crippen LogP contribution in [0, 0.1) is 29.0 Å². The van der Waals surface area contributed by atoms with Crippen molar-refractivity contribution in [1.29, 1.82) is 0 Å². The molecule has 1 saturated heterocycles. The topological polar surface area (TPSA) is 61.4 Å². The van der Waals surface area contributed by atoms with Crippen molar-refractivity contribution in [2.24, 2.45) is 23.2 Å². The first kappa shape index (κ1) is 22.6. The van der Waals surface area contributed by atoms with Crippen LogP contribution in [-0.2, 0) is 4.79 Å². The van der Waals surface area contributed by atoms with E-state index in [1.54, 1.807) is 12.1 Å². The molecule has 1 aromatic carbocycles. The number of carbonyl (C=O) groups excluding carboxylic acids is 2. The fourth-order valence-corrected chi connectivity index (χ4v) is 4.87. The minimum Gasteiger partial charge on any atom is -0.342 e. The van der Waals surface area contributed by atoms with Gasteiger partial charge in [0.15, 0.2) is 0 Å². The standard InChI is InChI=1S/C24H36FN3O2/c1-24(2,3)19-11-9-18(10-12-19)22(29)28-13-5-6-17(16-28)15-26-23(30)27-21-8-4-7-20(25)14-21/h4,7-8,14,17-19H,5-6,9-13,15-16H2,1-3H3,(H2,26,27,30)/t17-,18?,19?/m1/s1. The average Bonchev–Trinajstić information content (AvgIpc) is 2.71. The number of carbonyl (C=O) groups is 2. The monoisotopic (exact) mass is 417 g/mol. The number of hydrogen-bond acceptors (Lipinski definition) is 2. The number of likely N-dealkylation sites (tertiary alicyclic amines) is 1. The van der Waals surface area contributed by atoms with E-state index in [2.05, 4.69) is 31.4 Å². The van der Waals surface area contributed by atoms with Gasteiger partial charge in [-0.3, -0.25) is 4.79 Å². The second-order valence-electron chi connectivity index (χ2n) is 10.1. The normalized spacial score (nSPS) is 24.9. The lowest BCUT2D eigenvalue weighted by atomic mass is 9.69. The molecule has 166 valence electrons. The van der Waals surface area contributed by atoms with Crippen LogP contribution in [0.1, 0.15) is 59.3 Å². The fraction of sp³-hybridized carbons (Fsp3) is 0.667. The summed E-state index contributed by atoms with van der Waals surface area (Å²) >= 11 is 0. The van der Waals surface area contributed by atoms with Gasteiger partial charge in [-0.1, -0.05) is 26.8 Å². The van der Waals surface area contributed by atoms with Crippen LogP contribution in [0.2, 0.25) is 0 Å². The number of piperidine rings is 1. The highest BCUT2D eigenvalue weighted by Crippen LogP contribution is 2.40. The number of rotatable bonds is 4. The van der Waals surface area contributed by atoms with E-state index in [4.69, 9.17) is 0 Å².